The molecule has 0 unspecified atom stereocenters. The Labute approximate surface area is 175 Å². The van der Waals surface area contributed by atoms with Gasteiger partial charge in [-0.25, -0.2) is 9.97 Å². The molecule has 0 aliphatic carbocycles. The average Bonchev–Trinajstić information content (AvgIpc) is 3.27. The van der Waals surface area contributed by atoms with Gasteiger partial charge >= 0.3 is 0 Å². The van der Waals surface area contributed by atoms with Crippen molar-refractivity contribution in [2.45, 2.75) is 6.92 Å². The standard InChI is InChI=1S/C21H25N5O4/c1-15-22-19(13-20(23-15)25-8-10-28-11-9-25)24-4-6-26(7-5-24)21(27)16-2-3-17-18(12-16)30-14-29-17/h2-3,12-13H,4-11,14H2,1H3. The van der Waals surface area contributed by atoms with Gasteiger partial charge in [-0.2, -0.15) is 0 Å². The minimum atomic E-state index is 0.0147. The Kier molecular flexibility index (Phi) is 5.04. The summed E-state index contributed by atoms with van der Waals surface area (Å²) in [5.41, 5.74) is 0.625. The summed E-state index contributed by atoms with van der Waals surface area (Å²) in [5, 5.41) is 0. The van der Waals surface area contributed by atoms with Crippen molar-refractivity contribution in [1.29, 1.82) is 0 Å². The number of aryl methyl sites for hydroxylation is 1. The van der Waals surface area contributed by atoms with Crippen LogP contribution in [-0.4, -0.2) is 80.1 Å². The highest BCUT2D eigenvalue weighted by Gasteiger charge is 2.25. The first-order chi connectivity index (χ1) is 14.7. The predicted molar refractivity (Wildman–Crippen MR) is 110 cm³/mol. The number of benzene rings is 1. The second-order valence-corrected chi connectivity index (χ2v) is 7.58. The highest BCUT2D eigenvalue weighted by Crippen LogP contribution is 2.33. The zero-order chi connectivity index (χ0) is 20.5. The van der Waals surface area contributed by atoms with Crippen LogP contribution in [-0.2, 0) is 4.74 Å². The Morgan fingerprint density at radius 3 is 2.27 bits per heavy atom. The van der Waals surface area contributed by atoms with Crippen molar-refractivity contribution in [3.63, 3.8) is 0 Å². The summed E-state index contributed by atoms with van der Waals surface area (Å²) in [7, 11) is 0. The highest BCUT2D eigenvalue weighted by molar-refractivity contribution is 5.95. The largest absolute Gasteiger partial charge is 0.454 e. The summed E-state index contributed by atoms with van der Waals surface area (Å²) in [6, 6.07) is 7.40. The van der Waals surface area contributed by atoms with Crippen LogP contribution in [0.5, 0.6) is 11.5 Å². The molecule has 1 aromatic heterocycles. The fraction of sp³-hybridized carbons (Fsp3) is 0.476. The lowest BCUT2D eigenvalue weighted by Gasteiger charge is -2.36. The van der Waals surface area contributed by atoms with Crippen LogP contribution in [0.1, 0.15) is 16.2 Å². The van der Waals surface area contributed by atoms with E-state index in [1.165, 1.54) is 0 Å². The summed E-state index contributed by atoms with van der Waals surface area (Å²) >= 11 is 0. The van der Waals surface area contributed by atoms with Gasteiger partial charge in [0.25, 0.3) is 5.91 Å². The van der Waals surface area contributed by atoms with Crippen LogP contribution in [0.4, 0.5) is 11.6 Å². The number of carbonyl (C=O) groups is 1. The first-order valence-corrected chi connectivity index (χ1v) is 10.3. The molecule has 9 heteroatoms. The molecule has 2 fully saturated rings. The Morgan fingerprint density at radius 2 is 1.53 bits per heavy atom. The van der Waals surface area contributed by atoms with Crippen LogP contribution >= 0.6 is 0 Å². The quantitative estimate of drug-likeness (QED) is 0.748. The first-order valence-electron chi connectivity index (χ1n) is 10.3. The van der Waals surface area contributed by atoms with Gasteiger partial charge in [-0.05, 0) is 25.1 Å². The Morgan fingerprint density at radius 1 is 0.867 bits per heavy atom. The molecule has 3 aliphatic rings. The van der Waals surface area contributed by atoms with Gasteiger partial charge in [-0.15, -0.1) is 0 Å². The van der Waals surface area contributed by atoms with E-state index in [0.29, 0.717) is 30.2 Å². The molecule has 9 nitrogen and oxygen atoms in total. The predicted octanol–water partition coefficient (Wildman–Crippen LogP) is 1.31. The average molecular weight is 411 g/mol. The van der Waals surface area contributed by atoms with Crippen molar-refractivity contribution in [2.24, 2.45) is 0 Å². The second kappa shape index (κ2) is 7.98. The van der Waals surface area contributed by atoms with Crippen molar-refractivity contribution in [3.8, 4) is 11.5 Å². The number of anilines is 2. The van der Waals surface area contributed by atoms with Crippen molar-refractivity contribution in [3.05, 3.63) is 35.7 Å². The maximum absolute atomic E-state index is 12.9. The van der Waals surface area contributed by atoms with Gasteiger partial charge in [0.05, 0.1) is 13.2 Å². The minimum Gasteiger partial charge on any atom is -0.454 e. The molecule has 0 N–H and O–H groups in total. The fourth-order valence-electron chi connectivity index (χ4n) is 4.00. The molecular formula is C21H25N5O4. The van der Waals surface area contributed by atoms with E-state index in [0.717, 1.165) is 56.9 Å². The zero-order valence-corrected chi connectivity index (χ0v) is 17.0. The maximum Gasteiger partial charge on any atom is 0.254 e. The molecule has 0 radical (unpaired) electrons. The van der Waals surface area contributed by atoms with E-state index >= 15 is 0 Å². The van der Waals surface area contributed by atoms with Crippen LogP contribution in [0.3, 0.4) is 0 Å². The van der Waals surface area contributed by atoms with E-state index in [1.54, 1.807) is 18.2 Å². The summed E-state index contributed by atoms with van der Waals surface area (Å²) in [4.78, 5) is 28.5. The monoisotopic (exact) mass is 411 g/mol. The van der Waals surface area contributed by atoms with Crippen molar-refractivity contribution < 1.29 is 19.0 Å². The molecule has 4 heterocycles. The number of carbonyl (C=O) groups excluding carboxylic acids is 1. The summed E-state index contributed by atoms with van der Waals surface area (Å²) in [6.45, 7) is 8.00. The van der Waals surface area contributed by atoms with Gasteiger partial charge in [0.2, 0.25) is 6.79 Å². The number of hydrogen-bond acceptors (Lipinski definition) is 8. The number of fused-ring (bicyclic) bond motifs is 1. The lowest BCUT2D eigenvalue weighted by molar-refractivity contribution is 0.0746. The smallest absolute Gasteiger partial charge is 0.254 e. The molecule has 30 heavy (non-hydrogen) atoms. The molecule has 0 saturated carbocycles. The molecule has 2 saturated heterocycles. The number of piperazine rings is 1. The van der Waals surface area contributed by atoms with Crippen LogP contribution in [0.25, 0.3) is 0 Å². The first kappa shape index (κ1) is 18.9. The van der Waals surface area contributed by atoms with Crippen LogP contribution in [0, 0.1) is 6.92 Å². The second-order valence-electron chi connectivity index (χ2n) is 7.58. The highest BCUT2D eigenvalue weighted by atomic mass is 16.7. The third-order valence-electron chi connectivity index (χ3n) is 5.66. The number of rotatable bonds is 3. The van der Waals surface area contributed by atoms with Crippen molar-refractivity contribution in [2.75, 3.05) is 69.1 Å². The SMILES string of the molecule is Cc1nc(N2CCOCC2)cc(N2CCN(C(=O)c3ccc4c(c3)OCO4)CC2)n1. The Hall–Kier alpha value is -3.07. The van der Waals surface area contributed by atoms with Gasteiger partial charge in [0.1, 0.15) is 17.5 Å². The Balaban J connectivity index is 1.25. The number of hydrogen-bond donors (Lipinski definition) is 0. The van der Waals surface area contributed by atoms with Gasteiger partial charge in [-0.3, -0.25) is 4.79 Å². The molecular weight excluding hydrogens is 386 g/mol. The van der Waals surface area contributed by atoms with Crippen LogP contribution in [0.2, 0.25) is 0 Å². The number of amides is 1. The van der Waals surface area contributed by atoms with E-state index in [1.807, 2.05) is 17.9 Å². The number of aromatic nitrogens is 2. The molecule has 5 rings (SSSR count). The van der Waals surface area contributed by atoms with Gasteiger partial charge in [-0.1, -0.05) is 0 Å². The number of nitrogens with zero attached hydrogens (tertiary/aromatic N) is 5. The molecule has 1 aromatic carbocycles. The fourth-order valence-corrected chi connectivity index (χ4v) is 4.00. The molecule has 3 aliphatic heterocycles. The molecule has 1 amide bonds. The lowest BCUT2D eigenvalue weighted by Crippen LogP contribution is -2.49. The van der Waals surface area contributed by atoms with E-state index in [9.17, 15) is 4.79 Å². The summed E-state index contributed by atoms with van der Waals surface area (Å²) in [6.07, 6.45) is 0. The van der Waals surface area contributed by atoms with Crippen LogP contribution < -0.4 is 19.3 Å². The minimum absolute atomic E-state index is 0.0147. The van der Waals surface area contributed by atoms with E-state index in [4.69, 9.17) is 14.2 Å². The normalized spacial score (nSPS) is 18.6. The molecule has 0 bridgehead atoms. The van der Waals surface area contributed by atoms with Gasteiger partial charge in [0, 0.05) is 50.9 Å². The molecule has 2 aromatic rings. The van der Waals surface area contributed by atoms with Crippen LogP contribution in [0.15, 0.2) is 24.3 Å². The van der Waals surface area contributed by atoms with Crippen molar-refractivity contribution >= 4 is 17.5 Å². The van der Waals surface area contributed by atoms with E-state index in [2.05, 4.69) is 19.8 Å². The van der Waals surface area contributed by atoms with E-state index < -0.39 is 0 Å². The molecule has 0 spiro atoms. The maximum atomic E-state index is 12.9. The van der Waals surface area contributed by atoms with Gasteiger partial charge in [0.15, 0.2) is 11.5 Å². The number of ether oxygens (including phenoxy) is 3. The number of morpholine rings is 1. The molecule has 158 valence electrons. The molecule has 0 atom stereocenters. The third kappa shape index (κ3) is 3.72. The van der Waals surface area contributed by atoms with E-state index in [-0.39, 0.29) is 12.7 Å². The summed E-state index contributed by atoms with van der Waals surface area (Å²) < 4.78 is 16.2. The zero-order valence-electron chi connectivity index (χ0n) is 17.0. The Bertz CT molecular complexity index is 939. The summed E-state index contributed by atoms with van der Waals surface area (Å²) in [5.74, 6) is 3.95. The van der Waals surface area contributed by atoms with Crippen molar-refractivity contribution in [1.82, 2.24) is 14.9 Å². The third-order valence-corrected chi connectivity index (χ3v) is 5.66. The lowest BCUT2D eigenvalue weighted by atomic mass is 10.1. The van der Waals surface area contributed by atoms with Gasteiger partial charge < -0.3 is 28.9 Å². The topological polar surface area (TPSA) is 80.3 Å².